The molecule has 2 nitrogen and oxygen atoms in total. The average molecular weight is 416 g/mol. The van der Waals surface area contributed by atoms with Crippen LogP contribution < -0.4 is 0 Å². The molecule has 1 fully saturated rings. The third-order valence-electron chi connectivity index (χ3n) is 7.42. The molecule has 1 aliphatic carbocycles. The summed E-state index contributed by atoms with van der Waals surface area (Å²) in [7, 11) is 1.30. The fourth-order valence-electron chi connectivity index (χ4n) is 5.24. The summed E-state index contributed by atoms with van der Waals surface area (Å²) in [5, 5.41) is 0. The molecule has 3 rings (SSSR count). The maximum atomic E-state index is 5.21. The van der Waals surface area contributed by atoms with Crippen molar-refractivity contribution >= 4 is 13.0 Å². The monoisotopic (exact) mass is 416 g/mol. The molecule has 0 saturated heterocycles. The molecule has 0 aromatic heterocycles. The van der Waals surface area contributed by atoms with E-state index in [0.29, 0.717) is 11.8 Å². The lowest BCUT2D eigenvalue weighted by molar-refractivity contribution is 0.262. The van der Waals surface area contributed by atoms with Gasteiger partial charge >= 0.3 is 0 Å². The zero-order valence-electron chi connectivity index (χ0n) is 20.3. The van der Waals surface area contributed by atoms with Gasteiger partial charge in [-0.05, 0) is 50.2 Å². The lowest BCUT2D eigenvalue weighted by atomic mass is 9.66. The lowest BCUT2D eigenvalue weighted by Gasteiger charge is -2.39. The van der Waals surface area contributed by atoms with Crippen LogP contribution >= 0.6 is 0 Å². The number of benzene rings is 1. The topological polar surface area (TPSA) is 15.6 Å². The summed E-state index contributed by atoms with van der Waals surface area (Å²) in [5.74, 6) is 1.98. The molecule has 3 unspecified atom stereocenters. The Hall–Kier alpha value is -2.03. The summed E-state index contributed by atoms with van der Waals surface area (Å²) < 4.78 is 0. The van der Waals surface area contributed by atoms with Crippen LogP contribution in [0.15, 0.2) is 65.5 Å². The van der Waals surface area contributed by atoms with Gasteiger partial charge in [-0.2, -0.15) is 0 Å². The molecule has 0 radical (unpaired) electrons. The number of nitrogens with zero attached hydrogens (tertiary/aromatic N) is 2. The number of hydrogen-bond acceptors (Lipinski definition) is 2. The van der Waals surface area contributed by atoms with E-state index in [1.54, 1.807) is 0 Å². The molecular weight excluding hydrogens is 375 g/mol. The van der Waals surface area contributed by atoms with Crippen molar-refractivity contribution in [2.45, 2.75) is 71.9 Å². The van der Waals surface area contributed by atoms with Crippen LogP contribution in [-0.2, 0) is 0 Å². The van der Waals surface area contributed by atoms with Crippen LogP contribution in [0, 0.1) is 18.8 Å². The smallest absolute Gasteiger partial charge is 0.121 e. The molecular formula is C28H41BN2. The second-order valence-corrected chi connectivity index (χ2v) is 9.67. The number of allylic oxidation sites excluding steroid dienone is 1. The van der Waals surface area contributed by atoms with E-state index < -0.39 is 0 Å². The normalized spacial score (nSPS) is 24.5. The summed E-state index contributed by atoms with van der Waals surface area (Å²) in [4.78, 5) is 7.76. The molecule has 1 aromatic carbocycles. The summed E-state index contributed by atoms with van der Waals surface area (Å²) in [6.07, 6.45) is 9.66. The van der Waals surface area contributed by atoms with Crippen molar-refractivity contribution in [3.8, 4) is 0 Å². The molecule has 1 heterocycles. The molecule has 0 amide bonds. The van der Waals surface area contributed by atoms with Gasteiger partial charge in [0.05, 0.1) is 5.70 Å². The number of rotatable bonds is 9. The number of aryl methyl sites for hydroxylation is 1. The maximum Gasteiger partial charge on any atom is 0.121 e. The Morgan fingerprint density at radius 1 is 1.26 bits per heavy atom. The summed E-state index contributed by atoms with van der Waals surface area (Å²) in [6.45, 7) is 19.6. The van der Waals surface area contributed by atoms with Gasteiger partial charge in [-0.3, -0.25) is 4.99 Å². The minimum atomic E-state index is 0.447. The van der Waals surface area contributed by atoms with E-state index >= 15 is 0 Å². The molecule has 3 atom stereocenters. The van der Waals surface area contributed by atoms with Crippen LogP contribution in [0.3, 0.4) is 0 Å². The zero-order chi connectivity index (χ0) is 22.4. The van der Waals surface area contributed by atoms with E-state index in [1.165, 1.54) is 73.9 Å². The second kappa shape index (κ2) is 11.0. The minimum absolute atomic E-state index is 0.447. The Balaban J connectivity index is 1.86. The molecule has 1 aliphatic heterocycles. The summed E-state index contributed by atoms with van der Waals surface area (Å²) in [6, 6.07) is 8.71. The average Bonchev–Trinajstić information content (AvgIpc) is 3.27. The molecule has 1 aromatic rings. The Morgan fingerprint density at radius 3 is 2.61 bits per heavy atom. The first kappa shape index (κ1) is 23.6. The predicted octanol–water partition coefficient (Wildman–Crippen LogP) is 6.95. The number of unbranched alkanes of at least 4 members (excludes halogenated alkanes) is 1. The highest BCUT2D eigenvalue weighted by Gasteiger charge is 2.32. The van der Waals surface area contributed by atoms with Gasteiger partial charge in [0.15, 0.2) is 0 Å². The first-order valence-electron chi connectivity index (χ1n) is 12.4. The van der Waals surface area contributed by atoms with Crippen LogP contribution in [0.25, 0.3) is 0 Å². The predicted molar refractivity (Wildman–Crippen MR) is 138 cm³/mol. The number of hydrogen-bond donors (Lipinski definition) is 0. The van der Waals surface area contributed by atoms with E-state index in [9.17, 15) is 0 Å². The molecule has 1 saturated carbocycles. The van der Waals surface area contributed by atoms with Crippen LogP contribution in [0.1, 0.15) is 63.5 Å². The van der Waals surface area contributed by atoms with Crippen molar-refractivity contribution in [2.24, 2.45) is 16.8 Å². The van der Waals surface area contributed by atoms with Crippen molar-refractivity contribution < 1.29 is 0 Å². The molecule has 166 valence electrons. The van der Waals surface area contributed by atoms with Gasteiger partial charge in [-0.1, -0.05) is 87.9 Å². The molecule has 0 N–H and O–H groups in total. The van der Waals surface area contributed by atoms with Crippen molar-refractivity contribution in [1.82, 2.24) is 4.90 Å². The Labute approximate surface area is 191 Å². The Kier molecular flexibility index (Phi) is 8.40. The first-order chi connectivity index (χ1) is 15.0. The van der Waals surface area contributed by atoms with Crippen molar-refractivity contribution in [2.75, 3.05) is 13.1 Å². The standard InChI is InChI=1S/C28H41BN2/c1-7-9-10-26-19-31(22(5)25-15-16-27(17-25)29-6)18-23(8-2)28(26)30-21(4)24-13-11-20(3)12-14-24/h8,11-14,25-27,29H,2,5,7,9-10,15-19H2,1,3-4,6H3/b30-21+. The SMILES string of the molecule is C=CC1=C(/N=C(\C)c2ccc(C)cc2)C(CCCC)CN(C(=C)C2CCC(BC)C2)C1. The second-order valence-electron chi connectivity index (χ2n) is 9.67. The van der Waals surface area contributed by atoms with Crippen molar-refractivity contribution in [1.29, 1.82) is 0 Å². The highest BCUT2D eigenvalue weighted by Crippen LogP contribution is 2.41. The molecule has 0 spiro atoms. The van der Waals surface area contributed by atoms with Crippen LogP contribution in [0.5, 0.6) is 0 Å². The van der Waals surface area contributed by atoms with E-state index in [0.717, 1.165) is 24.6 Å². The maximum absolute atomic E-state index is 5.21. The highest BCUT2D eigenvalue weighted by atomic mass is 15.2. The highest BCUT2D eigenvalue weighted by molar-refractivity contribution is 6.35. The van der Waals surface area contributed by atoms with Gasteiger partial charge in [0.25, 0.3) is 0 Å². The third kappa shape index (κ3) is 5.81. The Morgan fingerprint density at radius 2 is 2.00 bits per heavy atom. The first-order valence-corrected chi connectivity index (χ1v) is 12.4. The van der Waals surface area contributed by atoms with Gasteiger partial charge < -0.3 is 4.90 Å². The van der Waals surface area contributed by atoms with Gasteiger partial charge in [0.1, 0.15) is 7.28 Å². The molecule has 0 bridgehead atoms. The minimum Gasteiger partial charge on any atom is -0.370 e. The van der Waals surface area contributed by atoms with Gasteiger partial charge in [0, 0.05) is 30.4 Å². The Bertz CT molecular complexity index is 833. The molecule has 3 heteroatoms. The quantitative estimate of drug-likeness (QED) is 0.314. The zero-order valence-corrected chi connectivity index (χ0v) is 20.3. The van der Waals surface area contributed by atoms with E-state index in [2.05, 4.69) is 69.9 Å². The van der Waals surface area contributed by atoms with Gasteiger partial charge in [0.2, 0.25) is 0 Å². The number of aliphatic imine (C=N–C) groups is 1. The van der Waals surface area contributed by atoms with Crippen LogP contribution in [0.4, 0.5) is 0 Å². The third-order valence-corrected chi connectivity index (χ3v) is 7.42. The molecule has 2 aliphatic rings. The van der Waals surface area contributed by atoms with Gasteiger partial charge in [-0.15, -0.1) is 0 Å². The van der Waals surface area contributed by atoms with Crippen LogP contribution in [-0.4, -0.2) is 31.0 Å². The summed E-state index contributed by atoms with van der Waals surface area (Å²) >= 11 is 0. The molecule has 31 heavy (non-hydrogen) atoms. The largest absolute Gasteiger partial charge is 0.370 e. The van der Waals surface area contributed by atoms with E-state index in [1.807, 2.05) is 6.08 Å². The fourth-order valence-corrected chi connectivity index (χ4v) is 5.24. The van der Waals surface area contributed by atoms with E-state index in [4.69, 9.17) is 4.99 Å². The van der Waals surface area contributed by atoms with Crippen molar-refractivity contribution in [3.05, 3.63) is 71.6 Å². The summed E-state index contributed by atoms with van der Waals surface area (Å²) in [5.41, 5.74) is 7.49. The lowest BCUT2D eigenvalue weighted by Crippen LogP contribution is -2.38. The van der Waals surface area contributed by atoms with E-state index in [-0.39, 0.29) is 0 Å². The van der Waals surface area contributed by atoms with Crippen molar-refractivity contribution in [3.63, 3.8) is 0 Å². The van der Waals surface area contributed by atoms with Crippen LogP contribution in [0.2, 0.25) is 12.6 Å². The van der Waals surface area contributed by atoms with Gasteiger partial charge in [-0.25, -0.2) is 0 Å². The fraction of sp³-hybridized carbons (Fsp3) is 0.536.